The summed E-state index contributed by atoms with van der Waals surface area (Å²) in [6.45, 7) is 2.19. The molecule has 0 bridgehead atoms. The molecular weight excluding hydrogens is 307 g/mol. The molecule has 0 aliphatic carbocycles. The van der Waals surface area contributed by atoms with E-state index in [0.717, 1.165) is 12.2 Å². The van der Waals surface area contributed by atoms with E-state index >= 15 is 0 Å². The highest BCUT2D eigenvalue weighted by atomic mass is 127. The fourth-order valence-electron chi connectivity index (χ4n) is 1.53. The molecule has 0 radical (unpaired) electrons. The van der Waals surface area contributed by atoms with Crippen molar-refractivity contribution < 1.29 is 4.74 Å². The molecule has 0 aliphatic heterocycles. The molecule has 0 N–H and O–H groups in total. The summed E-state index contributed by atoms with van der Waals surface area (Å²) in [4.78, 5) is 0. The normalized spacial score (nSPS) is 10.8. The molecule has 1 nitrogen and oxygen atoms in total. The molecule has 1 aromatic carbocycles. The van der Waals surface area contributed by atoms with Crippen molar-refractivity contribution >= 4 is 44.0 Å². The first-order valence-electron chi connectivity index (χ1n) is 4.50. The summed E-state index contributed by atoms with van der Waals surface area (Å²) < 4.78 is 7.87. The summed E-state index contributed by atoms with van der Waals surface area (Å²) in [6.07, 6.45) is 1.10. The third-order valence-corrected chi connectivity index (χ3v) is 4.83. The second-order valence-corrected chi connectivity index (χ2v) is 5.03. The van der Waals surface area contributed by atoms with Crippen LogP contribution in [0.1, 0.15) is 12.5 Å². The Hall–Kier alpha value is -0.290. The largest absolute Gasteiger partial charge is 0.496 e. The fourth-order valence-corrected chi connectivity index (χ4v) is 3.69. The minimum Gasteiger partial charge on any atom is -0.496 e. The van der Waals surface area contributed by atoms with Crippen LogP contribution in [0.4, 0.5) is 0 Å². The summed E-state index contributed by atoms with van der Waals surface area (Å²) in [5, 5.41) is 3.62. The van der Waals surface area contributed by atoms with Crippen LogP contribution in [0.25, 0.3) is 10.1 Å². The number of ether oxygens (including phenoxy) is 1. The molecule has 2 rings (SSSR count). The fraction of sp³-hybridized carbons (Fsp3) is 0.273. The van der Waals surface area contributed by atoms with Crippen molar-refractivity contribution in [2.75, 3.05) is 7.11 Å². The van der Waals surface area contributed by atoms with E-state index in [0.29, 0.717) is 0 Å². The minimum atomic E-state index is 0.975. The molecule has 0 amide bonds. The summed E-state index contributed by atoms with van der Waals surface area (Å²) in [7, 11) is 1.72. The zero-order valence-corrected chi connectivity index (χ0v) is 11.1. The Balaban J connectivity index is 2.72. The second kappa shape index (κ2) is 4.06. The van der Waals surface area contributed by atoms with Crippen molar-refractivity contribution in [2.24, 2.45) is 0 Å². The van der Waals surface area contributed by atoms with Crippen molar-refractivity contribution in [3.05, 3.63) is 26.6 Å². The first-order chi connectivity index (χ1) is 6.77. The highest BCUT2D eigenvalue weighted by Gasteiger charge is 2.09. The highest BCUT2D eigenvalue weighted by molar-refractivity contribution is 14.1. The topological polar surface area (TPSA) is 9.23 Å². The number of hydrogen-bond acceptors (Lipinski definition) is 2. The maximum atomic E-state index is 5.30. The molecule has 3 heteroatoms. The van der Waals surface area contributed by atoms with Gasteiger partial charge in [-0.3, -0.25) is 0 Å². The predicted molar refractivity (Wildman–Crippen MR) is 70.5 cm³/mol. The van der Waals surface area contributed by atoms with Gasteiger partial charge in [0.05, 0.1) is 15.4 Å². The molecule has 0 saturated carbocycles. The van der Waals surface area contributed by atoms with Gasteiger partial charge in [-0.15, -0.1) is 11.3 Å². The van der Waals surface area contributed by atoms with E-state index in [2.05, 4.69) is 47.0 Å². The quantitative estimate of drug-likeness (QED) is 0.758. The van der Waals surface area contributed by atoms with Crippen LogP contribution in [-0.2, 0) is 6.42 Å². The molecule has 0 unspecified atom stereocenters. The first-order valence-corrected chi connectivity index (χ1v) is 6.46. The van der Waals surface area contributed by atoms with Crippen molar-refractivity contribution in [3.8, 4) is 5.75 Å². The zero-order chi connectivity index (χ0) is 10.1. The van der Waals surface area contributed by atoms with Gasteiger partial charge in [0.15, 0.2) is 0 Å². The van der Waals surface area contributed by atoms with Gasteiger partial charge in [-0.2, -0.15) is 0 Å². The summed E-state index contributed by atoms with van der Waals surface area (Å²) in [5.41, 5.74) is 1.44. The molecule has 1 aromatic heterocycles. The average molecular weight is 318 g/mol. The van der Waals surface area contributed by atoms with Crippen molar-refractivity contribution in [3.63, 3.8) is 0 Å². The zero-order valence-electron chi connectivity index (χ0n) is 8.13. The summed E-state index contributed by atoms with van der Waals surface area (Å²) in [5.74, 6) is 0.975. The van der Waals surface area contributed by atoms with Crippen molar-refractivity contribution in [2.45, 2.75) is 13.3 Å². The van der Waals surface area contributed by atoms with E-state index in [9.17, 15) is 0 Å². The van der Waals surface area contributed by atoms with Crippen LogP contribution >= 0.6 is 33.9 Å². The van der Waals surface area contributed by atoms with Gasteiger partial charge in [0.25, 0.3) is 0 Å². The van der Waals surface area contributed by atoms with E-state index < -0.39 is 0 Å². The lowest BCUT2D eigenvalue weighted by atomic mass is 10.1. The van der Waals surface area contributed by atoms with Gasteiger partial charge < -0.3 is 4.74 Å². The Morgan fingerprint density at radius 2 is 2.21 bits per heavy atom. The second-order valence-electron chi connectivity index (χ2n) is 3.07. The number of fused-ring (bicyclic) bond motifs is 1. The SMILES string of the molecule is CCc1csc2c(I)c(OC)ccc12. The Morgan fingerprint density at radius 3 is 2.86 bits per heavy atom. The maximum Gasteiger partial charge on any atom is 0.133 e. The van der Waals surface area contributed by atoms with E-state index in [-0.39, 0.29) is 0 Å². The van der Waals surface area contributed by atoms with Crippen LogP contribution in [0.5, 0.6) is 5.75 Å². The monoisotopic (exact) mass is 318 g/mol. The van der Waals surface area contributed by atoms with Gasteiger partial charge >= 0.3 is 0 Å². The molecule has 0 spiro atoms. The van der Waals surface area contributed by atoms with Gasteiger partial charge in [0, 0.05) is 0 Å². The smallest absolute Gasteiger partial charge is 0.133 e. The molecule has 0 atom stereocenters. The molecule has 74 valence electrons. The summed E-state index contributed by atoms with van der Waals surface area (Å²) >= 11 is 4.16. The van der Waals surface area contributed by atoms with Crippen LogP contribution < -0.4 is 4.74 Å². The first kappa shape index (κ1) is 10.2. The number of methoxy groups -OCH3 is 1. The van der Waals surface area contributed by atoms with E-state index in [4.69, 9.17) is 4.74 Å². The lowest BCUT2D eigenvalue weighted by molar-refractivity contribution is 0.412. The molecular formula is C11H11IOS. The molecule has 0 saturated heterocycles. The van der Waals surface area contributed by atoms with E-state index in [1.165, 1.54) is 19.2 Å². The van der Waals surface area contributed by atoms with Crippen LogP contribution in [-0.4, -0.2) is 7.11 Å². The van der Waals surface area contributed by atoms with Crippen LogP contribution in [0.2, 0.25) is 0 Å². The van der Waals surface area contributed by atoms with Crippen LogP contribution in [0.3, 0.4) is 0 Å². The molecule has 2 aromatic rings. The Labute approximate surface area is 101 Å². The lowest BCUT2D eigenvalue weighted by Gasteiger charge is -2.03. The summed E-state index contributed by atoms with van der Waals surface area (Å²) in [6, 6.07) is 4.21. The predicted octanol–water partition coefficient (Wildman–Crippen LogP) is 4.08. The van der Waals surface area contributed by atoms with Gasteiger partial charge in [0.2, 0.25) is 0 Å². The van der Waals surface area contributed by atoms with Gasteiger partial charge in [-0.25, -0.2) is 0 Å². The van der Waals surface area contributed by atoms with Crippen LogP contribution in [0, 0.1) is 3.57 Å². The highest BCUT2D eigenvalue weighted by Crippen LogP contribution is 2.35. The van der Waals surface area contributed by atoms with Gasteiger partial charge in [0.1, 0.15) is 5.75 Å². The van der Waals surface area contributed by atoms with Gasteiger partial charge in [-0.1, -0.05) is 6.92 Å². The lowest BCUT2D eigenvalue weighted by Crippen LogP contribution is -1.86. The Kier molecular flexibility index (Phi) is 2.97. The molecule has 0 aliphatic rings. The van der Waals surface area contributed by atoms with Crippen molar-refractivity contribution in [1.82, 2.24) is 0 Å². The Bertz CT molecular complexity index is 462. The molecule has 1 heterocycles. The number of rotatable bonds is 2. The van der Waals surface area contributed by atoms with Crippen LogP contribution in [0.15, 0.2) is 17.5 Å². The number of thiophene rings is 1. The maximum absolute atomic E-state index is 5.30. The minimum absolute atomic E-state index is 0.975. The van der Waals surface area contributed by atoms with E-state index in [1.54, 1.807) is 7.11 Å². The average Bonchev–Trinajstić information content (AvgIpc) is 2.62. The number of benzene rings is 1. The Morgan fingerprint density at radius 1 is 1.43 bits per heavy atom. The molecule has 14 heavy (non-hydrogen) atoms. The van der Waals surface area contributed by atoms with Gasteiger partial charge in [-0.05, 0) is 57.5 Å². The van der Waals surface area contributed by atoms with E-state index in [1.807, 2.05) is 11.3 Å². The third kappa shape index (κ3) is 1.52. The standard InChI is InChI=1S/C11H11IOS/c1-3-7-6-14-11-8(7)4-5-9(13-2)10(11)12/h4-6H,3H2,1-2H3. The molecule has 0 fully saturated rings. The number of hydrogen-bond donors (Lipinski definition) is 0. The number of halogens is 1. The number of aryl methyl sites for hydroxylation is 1. The van der Waals surface area contributed by atoms with Crippen molar-refractivity contribution in [1.29, 1.82) is 0 Å². The third-order valence-electron chi connectivity index (χ3n) is 2.33.